The number of piperidine rings is 1. The summed E-state index contributed by atoms with van der Waals surface area (Å²) in [4.78, 5) is 11.7. The highest BCUT2D eigenvalue weighted by atomic mass is 32.2. The van der Waals surface area contributed by atoms with Crippen molar-refractivity contribution in [3.8, 4) is 0 Å². The molecule has 3 N–H and O–H groups in total. The van der Waals surface area contributed by atoms with Gasteiger partial charge in [-0.15, -0.1) is 0 Å². The van der Waals surface area contributed by atoms with Crippen LogP contribution in [0.15, 0.2) is 29.2 Å². The molecule has 0 saturated carbocycles. The Bertz CT molecular complexity index is 688. The number of benzene rings is 1. The van der Waals surface area contributed by atoms with Crippen molar-refractivity contribution >= 4 is 15.9 Å². The van der Waals surface area contributed by atoms with Gasteiger partial charge in [-0.25, -0.2) is 12.8 Å². The molecule has 1 aliphatic rings. The number of amides is 1. The minimum absolute atomic E-state index is 0.00500. The molecule has 8 heteroatoms. The molecule has 0 spiro atoms. The second kappa shape index (κ2) is 7.58. The number of rotatable bonds is 6. The van der Waals surface area contributed by atoms with Crippen molar-refractivity contribution in [2.24, 2.45) is 5.41 Å². The van der Waals surface area contributed by atoms with Crippen molar-refractivity contribution in [2.75, 3.05) is 19.6 Å². The average Bonchev–Trinajstić information content (AvgIpc) is 2.53. The first kappa shape index (κ1) is 18.8. The van der Waals surface area contributed by atoms with E-state index in [2.05, 4.69) is 22.3 Å². The summed E-state index contributed by atoms with van der Waals surface area (Å²) in [6.07, 6.45) is 1.89. The van der Waals surface area contributed by atoms with Crippen LogP contribution < -0.4 is 15.4 Å². The van der Waals surface area contributed by atoms with E-state index in [1.807, 2.05) is 0 Å². The van der Waals surface area contributed by atoms with Gasteiger partial charge in [0.15, 0.2) is 0 Å². The highest BCUT2D eigenvalue weighted by Crippen LogP contribution is 2.26. The molecule has 0 radical (unpaired) electrons. The summed E-state index contributed by atoms with van der Waals surface area (Å²) in [6.45, 7) is 5.84. The molecule has 24 heavy (non-hydrogen) atoms. The number of sulfonamides is 1. The average molecular weight is 357 g/mol. The summed E-state index contributed by atoms with van der Waals surface area (Å²) in [7, 11) is -4.09. The third kappa shape index (κ3) is 4.75. The van der Waals surface area contributed by atoms with Crippen molar-refractivity contribution in [1.29, 1.82) is 0 Å². The molecular formula is C16H24FN3O3S. The Hall–Kier alpha value is -1.51. The third-order valence-corrected chi connectivity index (χ3v) is 5.93. The van der Waals surface area contributed by atoms with E-state index in [4.69, 9.17) is 0 Å². The molecule has 2 rings (SSSR count). The fourth-order valence-electron chi connectivity index (χ4n) is 2.67. The number of hydrogen-bond donors (Lipinski definition) is 3. The SMILES string of the molecule is CC(NS(=O)(=O)c1ccccc1F)C(=O)NCC1(C)CCNCC1. The Morgan fingerprint density at radius 1 is 1.33 bits per heavy atom. The number of nitrogens with one attached hydrogen (secondary N) is 3. The van der Waals surface area contributed by atoms with Gasteiger partial charge in [-0.2, -0.15) is 4.72 Å². The van der Waals surface area contributed by atoms with Crippen LogP contribution in [0.2, 0.25) is 0 Å². The molecule has 0 aliphatic carbocycles. The van der Waals surface area contributed by atoms with E-state index in [0.29, 0.717) is 6.54 Å². The predicted octanol–water partition coefficient (Wildman–Crippen LogP) is 0.998. The van der Waals surface area contributed by atoms with Crippen LogP contribution in [0.5, 0.6) is 0 Å². The van der Waals surface area contributed by atoms with Gasteiger partial charge in [0.25, 0.3) is 0 Å². The first-order chi connectivity index (χ1) is 11.2. The molecule has 1 aliphatic heterocycles. The number of carbonyl (C=O) groups excluding carboxylic acids is 1. The molecule has 1 heterocycles. The Morgan fingerprint density at radius 2 is 1.96 bits per heavy atom. The van der Waals surface area contributed by atoms with E-state index >= 15 is 0 Å². The lowest BCUT2D eigenvalue weighted by atomic mass is 9.81. The molecule has 134 valence electrons. The van der Waals surface area contributed by atoms with Crippen LogP contribution in [-0.4, -0.2) is 40.0 Å². The van der Waals surface area contributed by atoms with Crippen molar-refractivity contribution in [3.63, 3.8) is 0 Å². The zero-order chi connectivity index (χ0) is 17.8. The van der Waals surface area contributed by atoms with Gasteiger partial charge < -0.3 is 10.6 Å². The largest absolute Gasteiger partial charge is 0.354 e. The van der Waals surface area contributed by atoms with Gasteiger partial charge in [0, 0.05) is 6.54 Å². The zero-order valence-electron chi connectivity index (χ0n) is 13.9. The first-order valence-electron chi connectivity index (χ1n) is 7.99. The molecule has 0 bridgehead atoms. The predicted molar refractivity (Wildman–Crippen MR) is 89.4 cm³/mol. The van der Waals surface area contributed by atoms with Gasteiger partial charge in [-0.1, -0.05) is 19.1 Å². The van der Waals surface area contributed by atoms with Crippen molar-refractivity contribution in [3.05, 3.63) is 30.1 Å². The van der Waals surface area contributed by atoms with Gasteiger partial charge in [0.2, 0.25) is 15.9 Å². The molecule has 1 saturated heterocycles. The van der Waals surface area contributed by atoms with Gasteiger partial charge in [-0.05, 0) is 50.4 Å². The first-order valence-corrected chi connectivity index (χ1v) is 9.47. The highest BCUT2D eigenvalue weighted by molar-refractivity contribution is 7.89. The van der Waals surface area contributed by atoms with Crippen molar-refractivity contribution < 1.29 is 17.6 Å². The lowest BCUT2D eigenvalue weighted by molar-refractivity contribution is -0.122. The van der Waals surface area contributed by atoms with E-state index in [1.165, 1.54) is 25.1 Å². The van der Waals surface area contributed by atoms with Crippen LogP contribution in [0.1, 0.15) is 26.7 Å². The van der Waals surface area contributed by atoms with Crippen LogP contribution in [0.25, 0.3) is 0 Å². The van der Waals surface area contributed by atoms with Crippen LogP contribution in [-0.2, 0) is 14.8 Å². The molecule has 1 aromatic carbocycles. The maximum atomic E-state index is 13.7. The van der Waals surface area contributed by atoms with Gasteiger partial charge in [0.1, 0.15) is 10.7 Å². The van der Waals surface area contributed by atoms with E-state index in [1.54, 1.807) is 0 Å². The molecule has 0 aromatic heterocycles. The van der Waals surface area contributed by atoms with Gasteiger partial charge >= 0.3 is 0 Å². The fraction of sp³-hybridized carbons (Fsp3) is 0.562. The maximum Gasteiger partial charge on any atom is 0.244 e. The normalized spacial score (nSPS) is 18.8. The molecule has 6 nitrogen and oxygen atoms in total. The zero-order valence-corrected chi connectivity index (χ0v) is 14.7. The van der Waals surface area contributed by atoms with Crippen LogP contribution in [0.4, 0.5) is 4.39 Å². The number of carbonyl (C=O) groups is 1. The maximum absolute atomic E-state index is 13.7. The van der Waals surface area contributed by atoms with E-state index in [9.17, 15) is 17.6 Å². The standard InChI is InChI=1S/C16H24FN3O3S/c1-12(15(21)19-11-16(2)7-9-18-10-8-16)20-24(22,23)14-6-4-3-5-13(14)17/h3-6,12,18,20H,7-11H2,1-2H3,(H,19,21). The summed E-state index contributed by atoms with van der Waals surface area (Å²) in [5.74, 6) is -1.27. The molecular weight excluding hydrogens is 333 g/mol. The second-order valence-electron chi connectivity index (χ2n) is 6.55. The Morgan fingerprint density at radius 3 is 2.58 bits per heavy atom. The van der Waals surface area contributed by atoms with Crippen molar-refractivity contribution in [1.82, 2.24) is 15.4 Å². The Labute approximate surface area is 142 Å². The minimum Gasteiger partial charge on any atom is -0.354 e. The van der Waals surface area contributed by atoms with E-state index < -0.39 is 32.7 Å². The highest BCUT2D eigenvalue weighted by Gasteiger charge is 2.29. The van der Waals surface area contributed by atoms with Gasteiger partial charge in [-0.3, -0.25) is 4.79 Å². The summed E-state index contributed by atoms with van der Waals surface area (Å²) in [6, 6.07) is 4.08. The Balaban J connectivity index is 1.95. The minimum atomic E-state index is -4.09. The van der Waals surface area contributed by atoms with Crippen LogP contribution in [0.3, 0.4) is 0 Å². The Kier molecular flexibility index (Phi) is 5.95. The van der Waals surface area contributed by atoms with Crippen LogP contribution >= 0.6 is 0 Å². The molecule has 1 atom stereocenters. The van der Waals surface area contributed by atoms with Gasteiger partial charge in [0.05, 0.1) is 6.04 Å². The number of halogens is 1. The van der Waals surface area contributed by atoms with E-state index in [0.717, 1.165) is 32.0 Å². The quantitative estimate of drug-likeness (QED) is 0.709. The monoisotopic (exact) mass is 357 g/mol. The third-order valence-electron chi connectivity index (χ3n) is 4.35. The lowest BCUT2D eigenvalue weighted by Crippen LogP contribution is -2.49. The molecule has 1 aromatic rings. The molecule has 1 unspecified atom stereocenters. The molecule has 1 amide bonds. The van der Waals surface area contributed by atoms with Crippen molar-refractivity contribution in [2.45, 2.75) is 37.6 Å². The number of hydrogen-bond acceptors (Lipinski definition) is 4. The summed E-state index contributed by atoms with van der Waals surface area (Å²) in [5, 5.41) is 6.06. The summed E-state index contributed by atoms with van der Waals surface area (Å²) >= 11 is 0. The molecule has 1 fully saturated rings. The van der Waals surface area contributed by atoms with Crippen LogP contribution in [0, 0.1) is 11.2 Å². The topological polar surface area (TPSA) is 87.3 Å². The smallest absolute Gasteiger partial charge is 0.244 e. The fourth-order valence-corrected chi connectivity index (χ4v) is 3.96. The summed E-state index contributed by atoms with van der Waals surface area (Å²) in [5.41, 5.74) is 0.00500. The lowest BCUT2D eigenvalue weighted by Gasteiger charge is -2.34. The second-order valence-corrected chi connectivity index (χ2v) is 8.23. The van der Waals surface area contributed by atoms with E-state index in [-0.39, 0.29) is 5.41 Å². The summed E-state index contributed by atoms with van der Waals surface area (Å²) < 4.78 is 40.3.